The Morgan fingerprint density at radius 1 is 1.26 bits per heavy atom. The zero-order valence-electron chi connectivity index (χ0n) is 17.2. The molecular formula is C21H32N2O4. The molecule has 0 N–H and O–H groups in total. The Morgan fingerprint density at radius 3 is 2.67 bits per heavy atom. The highest BCUT2D eigenvalue weighted by Gasteiger charge is 2.40. The molecule has 0 bridgehead atoms. The minimum atomic E-state index is -0.251. The highest BCUT2D eigenvalue weighted by molar-refractivity contribution is 5.79. The van der Waals surface area contributed by atoms with Gasteiger partial charge in [-0.05, 0) is 52.3 Å². The zero-order valence-corrected chi connectivity index (χ0v) is 17.2. The van der Waals surface area contributed by atoms with E-state index in [0.29, 0.717) is 19.2 Å². The first-order chi connectivity index (χ1) is 12.9. The van der Waals surface area contributed by atoms with Crippen LogP contribution in [0.3, 0.4) is 0 Å². The number of ether oxygens (including phenoxy) is 3. The molecule has 150 valence electrons. The number of carbonyl (C=O) groups is 1. The van der Waals surface area contributed by atoms with Gasteiger partial charge in [0.1, 0.15) is 17.2 Å². The third-order valence-corrected chi connectivity index (χ3v) is 6.08. The van der Waals surface area contributed by atoms with Gasteiger partial charge in [0, 0.05) is 36.7 Å². The number of carbonyl (C=O) groups excluding carboxylic acids is 1. The number of piperidine rings is 1. The van der Waals surface area contributed by atoms with Gasteiger partial charge in [-0.2, -0.15) is 0 Å². The van der Waals surface area contributed by atoms with E-state index in [1.807, 2.05) is 23.1 Å². The van der Waals surface area contributed by atoms with Crippen LogP contribution in [0.25, 0.3) is 0 Å². The molecule has 27 heavy (non-hydrogen) atoms. The Kier molecular flexibility index (Phi) is 5.96. The number of nitrogens with zero attached hydrogens (tertiary/aromatic N) is 2. The standard InChI is InChI=1S/C21H32N2O4/c1-21(2)22(3)17(14-27-21)11-15-7-6-10-23(20(15)24)13-16-8-9-18(25-4)12-19(16)26-5/h8-9,12,15,17H,6-7,10-11,13-14H2,1-5H3. The molecule has 2 fully saturated rings. The van der Waals surface area contributed by atoms with Crippen LogP contribution in [-0.4, -0.2) is 61.9 Å². The lowest BCUT2D eigenvalue weighted by atomic mass is 9.90. The first-order valence-corrected chi connectivity index (χ1v) is 9.72. The van der Waals surface area contributed by atoms with Gasteiger partial charge in [0.25, 0.3) is 0 Å². The Balaban J connectivity index is 1.67. The predicted molar refractivity (Wildman–Crippen MR) is 104 cm³/mol. The van der Waals surface area contributed by atoms with Gasteiger partial charge >= 0.3 is 0 Å². The fourth-order valence-electron chi connectivity index (χ4n) is 4.09. The fourth-order valence-corrected chi connectivity index (χ4v) is 4.09. The minimum Gasteiger partial charge on any atom is -0.497 e. The summed E-state index contributed by atoms with van der Waals surface area (Å²) in [5, 5.41) is 0. The van der Waals surface area contributed by atoms with Crippen molar-refractivity contribution < 1.29 is 19.0 Å². The number of hydrogen-bond donors (Lipinski definition) is 0. The Bertz CT molecular complexity index is 676. The monoisotopic (exact) mass is 376 g/mol. The fraction of sp³-hybridized carbons (Fsp3) is 0.667. The van der Waals surface area contributed by atoms with Crippen LogP contribution in [0.1, 0.15) is 38.7 Å². The highest BCUT2D eigenvalue weighted by Crippen LogP contribution is 2.33. The van der Waals surface area contributed by atoms with Crippen molar-refractivity contribution in [2.24, 2.45) is 5.92 Å². The molecule has 0 saturated carbocycles. The molecule has 0 aliphatic carbocycles. The molecule has 2 atom stereocenters. The van der Waals surface area contributed by atoms with Gasteiger partial charge in [-0.25, -0.2) is 0 Å². The largest absolute Gasteiger partial charge is 0.497 e. The first kappa shape index (κ1) is 20.0. The van der Waals surface area contributed by atoms with Gasteiger partial charge in [0.15, 0.2) is 0 Å². The number of hydrogen-bond acceptors (Lipinski definition) is 5. The second kappa shape index (κ2) is 8.07. The molecule has 0 spiro atoms. The van der Waals surface area contributed by atoms with Crippen molar-refractivity contribution in [2.45, 2.75) is 51.4 Å². The number of rotatable bonds is 6. The molecule has 6 nitrogen and oxygen atoms in total. The summed E-state index contributed by atoms with van der Waals surface area (Å²) in [5.41, 5.74) is 0.758. The Morgan fingerprint density at radius 2 is 2.04 bits per heavy atom. The van der Waals surface area contributed by atoms with Crippen molar-refractivity contribution in [1.29, 1.82) is 0 Å². The lowest BCUT2D eigenvalue weighted by Gasteiger charge is -2.35. The van der Waals surface area contributed by atoms with E-state index in [0.717, 1.165) is 42.9 Å². The van der Waals surface area contributed by atoms with E-state index in [-0.39, 0.29) is 17.6 Å². The van der Waals surface area contributed by atoms with E-state index in [1.54, 1.807) is 14.2 Å². The summed E-state index contributed by atoms with van der Waals surface area (Å²) in [6.07, 6.45) is 2.85. The molecule has 3 rings (SSSR count). The van der Waals surface area contributed by atoms with Crippen LogP contribution in [0.5, 0.6) is 11.5 Å². The van der Waals surface area contributed by atoms with Gasteiger partial charge < -0.3 is 19.1 Å². The molecule has 2 aliphatic heterocycles. The SMILES string of the molecule is COc1ccc(CN2CCCC(CC3COC(C)(C)N3C)C2=O)c(OC)c1. The molecule has 1 aromatic carbocycles. The minimum absolute atomic E-state index is 0.0629. The maximum Gasteiger partial charge on any atom is 0.226 e. The molecule has 1 amide bonds. The van der Waals surface area contributed by atoms with Gasteiger partial charge in [-0.15, -0.1) is 0 Å². The van der Waals surface area contributed by atoms with Crippen molar-refractivity contribution in [3.05, 3.63) is 23.8 Å². The van der Waals surface area contributed by atoms with E-state index in [9.17, 15) is 4.79 Å². The molecule has 2 unspecified atom stereocenters. The number of likely N-dealkylation sites (N-methyl/N-ethyl adjacent to an activating group) is 1. The van der Waals surface area contributed by atoms with Gasteiger partial charge in [0.2, 0.25) is 5.91 Å². The molecule has 6 heteroatoms. The van der Waals surface area contributed by atoms with Crippen molar-refractivity contribution in [3.63, 3.8) is 0 Å². The van der Waals surface area contributed by atoms with Crippen molar-refractivity contribution >= 4 is 5.91 Å². The van der Waals surface area contributed by atoms with Crippen molar-refractivity contribution in [1.82, 2.24) is 9.80 Å². The summed E-state index contributed by atoms with van der Waals surface area (Å²) < 4.78 is 16.6. The van der Waals surface area contributed by atoms with Crippen LogP contribution in [0.2, 0.25) is 0 Å². The molecule has 2 aliphatic rings. The summed E-state index contributed by atoms with van der Waals surface area (Å²) in [6.45, 7) is 6.23. The van der Waals surface area contributed by atoms with E-state index in [1.165, 1.54) is 0 Å². The van der Waals surface area contributed by atoms with Crippen LogP contribution in [-0.2, 0) is 16.1 Å². The van der Waals surface area contributed by atoms with E-state index < -0.39 is 0 Å². The first-order valence-electron chi connectivity index (χ1n) is 9.72. The van der Waals surface area contributed by atoms with Gasteiger partial charge in [-0.1, -0.05) is 0 Å². The highest BCUT2D eigenvalue weighted by atomic mass is 16.5. The average molecular weight is 376 g/mol. The molecule has 2 heterocycles. The topological polar surface area (TPSA) is 51.2 Å². The normalized spacial score (nSPS) is 25.7. The second-order valence-corrected chi connectivity index (χ2v) is 8.03. The van der Waals surface area contributed by atoms with Crippen LogP contribution >= 0.6 is 0 Å². The number of benzene rings is 1. The maximum absolute atomic E-state index is 13.1. The van der Waals surface area contributed by atoms with Crippen LogP contribution in [0.4, 0.5) is 0 Å². The zero-order chi connectivity index (χ0) is 19.6. The predicted octanol–water partition coefficient (Wildman–Crippen LogP) is 2.90. The Labute approximate surface area is 162 Å². The third kappa shape index (κ3) is 4.22. The Hall–Kier alpha value is -1.79. The van der Waals surface area contributed by atoms with Crippen LogP contribution in [0, 0.1) is 5.92 Å². The summed E-state index contributed by atoms with van der Waals surface area (Å²) in [4.78, 5) is 17.3. The molecule has 1 aromatic rings. The molecule has 2 saturated heterocycles. The van der Waals surface area contributed by atoms with E-state index >= 15 is 0 Å². The lowest BCUT2D eigenvalue weighted by Crippen LogP contribution is -2.45. The summed E-state index contributed by atoms with van der Waals surface area (Å²) in [5.74, 6) is 1.82. The summed E-state index contributed by atoms with van der Waals surface area (Å²) in [6, 6.07) is 6.06. The second-order valence-electron chi connectivity index (χ2n) is 8.03. The van der Waals surface area contributed by atoms with Gasteiger partial charge in [0.05, 0.1) is 20.8 Å². The number of likely N-dealkylation sites (tertiary alicyclic amines) is 1. The average Bonchev–Trinajstić information content (AvgIpc) is 2.92. The molecular weight excluding hydrogens is 344 g/mol. The maximum atomic E-state index is 13.1. The lowest BCUT2D eigenvalue weighted by molar-refractivity contribution is -0.139. The van der Waals surface area contributed by atoms with Crippen LogP contribution in [0.15, 0.2) is 18.2 Å². The number of methoxy groups -OCH3 is 2. The van der Waals surface area contributed by atoms with Crippen LogP contribution < -0.4 is 9.47 Å². The summed E-state index contributed by atoms with van der Waals surface area (Å²) in [7, 11) is 5.37. The number of amides is 1. The van der Waals surface area contributed by atoms with Crippen molar-refractivity contribution in [2.75, 3.05) is 34.4 Å². The quantitative estimate of drug-likeness (QED) is 0.764. The molecule has 0 radical (unpaired) electrons. The van der Waals surface area contributed by atoms with Gasteiger partial charge in [-0.3, -0.25) is 9.69 Å². The van der Waals surface area contributed by atoms with E-state index in [4.69, 9.17) is 14.2 Å². The summed E-state index contributed by atoms with van der Waals surface area (Å²) >= 11 is 0. The molecule has 0 aromatic heterocycles. The smallest absolute Gasteiger partial charge is 0.226 e. The van der Waals surface area contributed by atoms with Crippen molar-refractivity contribution in [3.8, 4) is 11.5 Å². The third-order valence-electron chi connectivity index (χ3n) is 6.08. The van der Waals surface area contributed by atoms with E-state index in [2.05, 4.69) is 25.8 Å².